The lowest BCUT2D eigenvalue weighted by molar-refractivity contribution is 0.425. The highest BCUT2D eigenvalue weighted by molar-refractivity contribution is 5.89. The maximum atomic E-state index is 3.60. The third kappa shape index (κ3) is 4.00. The van der Waals surface area contributed by atoms with Crippen molar-refractivity contribution in [3.8, 4) is 0 Å². The van der Waals surface area contributed by atoms with Crippen LogP contribution in [0.5, 0.6) is 0 Å². The van der Waals surface area contributed by atoms with E-state index in [1.807, 2.05) is 0 Å². The summed E-state index contributed by atoms with van der Waals surface area (Å²) in [6.45, 7) is 7.52. The lowest BCUT2D eigenvalue weighted by atomic mass is 9.95. The van der Waals surface area contributed by atoms with Crippen LogP contribution in [0.1, 0.15) is 37.5 Å². The summed E-state index contributed by atoms with van der Waals surface area (Å²) in [5, 5.41) is 6.32. The second-order valence-electron chi connectivity index (χ2n) is 7.20. The molecular formula is C22H25N. The van der Waals surface area contributed by atoms with Gasteiger partial charge in [-0.3, -0.25) is 0 Å². The van der Waals surface area contributed by atoms with Gasteiger partial charge in [-0.1, -0.05) is 66.7 Å². The van der Waals surface area contributed by atoms with Gasteiger partial charge in [-0.25, -0.2) is 0 Å². The molecule has 3 rings (SSSR count). The Bertz CT molecular complexity index is 782. The molecule has 0 unspecified atom stereocenters. The molecule has 0 fully saturated rings. The maximum absolute atomic E-state index is 3.60. The predicted molar refractivity (Wildman–Crippen MR) is 99.8 cm³/mol. The summed E-state index contributed by atoms with van der Waals surface area (Å²) in [5.41, 5.74) is 4.25. The van der Waals surface area contributed by atoms with Crippen LogP contribution in [0.15, 0.2) is 66.7 Å². The first kappa shape index (κ1) is 15.8. The van der Waals surface area contributed by atoms with Crippen molar-refractivity contribution in [3.05, 3.63) is 83.4 Å². The minimum atomic E-state index is 0.129. The third-order valence-electron chi connectivity index (χ3n) is 4.15. The number of hydrogen-bond donors (Lipinski definition) is 1. The summed E-state index contributed by atoms with van der Waals surface area (Å²) >= 11 is 0. The van der Waals surface area contributed by atoms with Crippen LogP contribution in [0.2, 0.25) is 0 Å². The monoisotopic (exact) mass is 303 g/mol. The standard InChI is InChI=1S/C22H25N/c1-22(2,3)23-16-19-14-13-18(15-17-9-5-4-6-10-17)20-11-7-8-12-21(19)20/h4-14,23H,15-16H2,1-3H3. The second kappa shape index (κ2) is 6.55. The average Bonchev–Trinajstić information content (AvgIpc) is 2.54. The topological polar surface area (TPSA) is 12.0 Å². The molecule has 0 amide bonds. The number of hydrogen-bond acceptors (Lipinski definition) is 1. The SMILES string of the molecule is CC(C)(C)NCc1ccc(Cc2ccccc2)c2ccccc12. The van der Waals surface area contributed by atoms with Gasteiger partial charge in [-0.2, -0.15) is 0 Å². The van der Waals surface area contributed by atoms with Crippen LogP contribution >= 0.6 is 0 Å². The van der Waals surface area contributed by atoms with Crippen molar-refractivity contribution < 1.29 is 0 Å². The van der Waals surface area contributed by atoms with Crippen molar-refractivity contribution in [1.82, 2.24) is 5.32 Å². The van der Waals surface area contributed by atoms with E-state index >= 15 is 0 Å². The summed E-state index contributed by atoms with van der Waals surface area (Å²) in [7, 11) is 0. The van der Waals surface area contributed by atoms with Gasteiger partial charge in [0.2, 0.25) is 0 Å². The highest BCUT2D eigenvalue weighted by Crippen LogP contribution is 2.25. The molecule has 1 N–H and O–H groups in total. The molecule has 0 aliphatic carbocycles. The highest BCUT2D eigenvalue weighted by atomic mass is 14.9. The molecule has 1 heteroatoms. The molecule has 0 spiro atoms. The fraction of sp³-hybridized carbons (Fsp3) is 0.273. The Hall–Kier alpha value is -2.12. The first-order chi connectivity index (χ1) is 11.0. The van der Waals surface area contributed by atoms with E-state index in [4.69, 9.17) is 0 Å². The fourth-order valence-corrected chi connectivity index (χ4v) is 2.91. The number of benzene rings is 3. The Kier molecular flexibility index (Phi) is 4.49. The van der Waals surface area contributed by atoms with Gasteiger partial charge >= 0.3 is 0 Å². The van der Waals surface area contributed by atoms with Crippen molar-refractivity contribution in [3.63, 3.8) is 0 Å². The molecule has 3 aromatic carbocycles. The lowest BCUT2D eigenvalue weighted by Gasteiger charge is -2.21. The van der Waals surface area contributed by atoms with E-state index in [2.05, 4.69) is 92.8 Å². The first-order valence-electron chi connectivity index (χ1n) is 8.31. The van der Waals surface area contributed by atoms with E-state index in [1.54, 1.807) is 0 Å². The molecule has 0 saturated heterocycles. The van der Waals surface area contributed by atoms with Crippen molar-refractivity contribution in [1.29, 1.82) is 0 Å². The zero-order chi connectivity index (χ0) is 16.3. The number of fused-ring (bicyclic) bond motifs is 1. The molecule has 0 bridgehead atoms. The van der Waals surface area contributed by atoms with E-state index in [9.17, 15) is 0 Å². The smallest absolute Gasteiger partial charge is 0.0216 e. The van der Waals surface area contributed by atoms with Crippen molar-refractivity contribution >= 4 is 10.8 Å². The molecule has 0 atom stereocenters. The van der Waals surface area contributed by atoms with Gasteiger partial charge in [0.15, 0.2) is 0 Å². The predicted octanol–water partition coefficient (Wildman–Crippen LogP) is 5.32. The van der Waals surface area contributed by atoms with E-state index in [-0.39, 0.29) is 5.54 Å². The molecule has 0 aliphatic heterocycles. The average molecular weight is 303 g/mol. The van der Waals surface area contributed by atoms with Crippen LogP contribution in [-0.2, 0) is 13.0 Å². The summed E-state index contributed by atoms with van der Waals surface area (Å²) in [6.07, 6.45) is 0.980. The summed E-state index contributed by atoms with van der Waals surface area (Å²) in [4.78, 5) is 0. The van der Waals surface area contributed by atoms with Gasteiger partial charge < -0.3 is 5.32 Å². The fourth-order valence-electron chi connectivity index (χ4n) is 2.91. The van der Waals surface area contributed by atoms with Gasteiger partial charge in [-0.15, -0.1) is 0 Å². The molecular weight excluding hydrogens is 278 g/mol. The Balaban J connectivity index is 1.96. The second-order valence-corrected chi connectivity index (χ2v) is 7.20. The van der Waals surface area contributed by atoms with E-state index in [0.717, 1.165) is 13.0 Å². The lowest BCUT2D eigenvalue weighted by Crippen LogP contribution is -2.35. The van der Waals surface area contributed by atoms with E-state index in [0.29, 0.717) is 0 Å². The minimum absolute atomic E-state index is 0.129. The van der Waals surface area contributed by atoms with E-state index in [1.165, 1.54) is 27.5 Å². The largest absolute Gasteiger partial charge is 0.308 e. The molecule has 0 aliphatic rings. The van der Waals surface area contributed by atoms with Gasteiger partial charge in [0.05, 0.1) is 0 Å². The Morgan fingerprint density at radius 3 is 1.91 bits per heavy atom. The van der Waals surface area contributed by atoms with Crippen LogP contribution in [0.4, 0.5) is 0 Å². The molecule has 1 nitrogen and oxygen atoms in total. The zero-order valence-corrected chi connectivity index (χ0v) is 14.3. The number of rotatable bonds is 4. The van der Waals surface area contributed by atoms with Gasteiger partial charge in [-0.05, 0) is 54.7 Å². The van der Waals surface area contributed by atoms with Crippen LogP contribution in [0, 0.1) is 0 Å². The minimum Gasteiger partial charge on any atom is -0.308 e. The molecule has 0 aromatic heterocycles. The van der Waals surface area contributed by atoms with Crippen molar-refractivity contribution in [2.75, 3.05) is 0 Å². The normalized spacial score (nSPS) is 11.8. The van der Waals surface area contributed by atoms with E-state index < -0.39 is 0 Å². The quantitative estimate of drug-likeness (QED) is 0.688. The highest BCUT2D eigenvalue weighted by Gasteiger charge is 2.11. The first-order valence-corrected chi connectivity index (χ1v) is 8.31. The zero-order valence-electron chi connectivity index (χ0n) is 14.3. The Labute approximate surface area is 139 Å². The summed E-state index contributed by atoms with van der Waals surface area (Å²) in [6, 6.07) is 24.0. The van der Waals surface area contributed by atoms with Gasteiger partial charge in [0.25, 0.3) is 0 Å². The van der Waals surface area contributed by atoms with Crippen LogP contribution < -0.4 is 5.32 Å². The van der Waals surface area contributed by atoms with Crippen LogP contribution in [0.25, 0.3) is 10.8 Å². The van der Waals surface area contributed by atoms with Crippen molar-refractivity contribution in [2.24, 2.45) is 0 Å². The molecule has 3 aromatic rings. The number of nitrogens with one attached hydrogen (secondary N) is 1. The summed E-state index contributed by atoms with van der Waals surface area (Å²) in [5.74, 6) is 0. The van der Waals surface area contributed by atoms with Crippen molar-refractivity contribution in [2.45, 2.75) is 39.3 Å². The summed E-state index contributed by atoms with van der Waals surface area (Å²) < 4.78 is 0. The van der Waals surface area contributed by atoms with Crippen LogP contribution in [-0.4, -0.2) is 5.54 Å². The third-order valence-corrected chi connectivity index (χ3v) is 4.15. The molecule has 23 heavy (non-hydrogen) atoms. The molecule has 0 heterocycles. The molecule has 0 saturated carbocycles. The Morgan fingerprint density at radius 2 is 1.26 bits per heavy atom. The van der Waals surface area contributed by atoms with Crippen LogP contribution in [0.3, 0.4) is 0 Å². The maximum Gasteiger partial charge on any atom is 0.0216 e. The van der Waals surface area contributed by atoms with Gasteiger partial charge in [0.1, 0.15) is 0 Å². The van der Waals surface area contributed by atoms with Gasteiger partial charge in [0, 0.05) is 12.1 Å². The Morgan fingerprint density at radius 1 is 0.696 bits per heavy atom. The molecule has 118 valence electrons. The molecule has 0 radical (unpaired) electrons.